The Balaban J connectivity index is 2.60. The van der Waals surface area contributed by atoms with Crippen LogP contribution in [0.4, 0.5) is 26.3 Å². The molecule has 0 aliphatic carbocycles. The normalized spacial score (nSPS) is 12.1. The molecule has 0 radical (unpaired) electrons. The average Bonchev–Trinajstić information content (AvgIpc) is 2.58. The molecule has 0 aliphatic heterocycles. The molecule has 0 saturated carbocycles. The standard InChI is InChI=1S/C16H13F6N3O2/c1-3-25(2)14(27)11-7-23-12(24-13(11)26)8-4-9(15(17,18)19)6-10(5-8)16(20,21)22/h4-7H,3H2,1-2H3,(H,23,24,26). The Morgan fingerprint density at radius 3 is 2.00 bits per heavy atom. The predicted octanol–water partition coefficient (Wildman–Crippen LogP) is 3.57. The maximum absolute atomic E-state index is 12.9. The molecule has 1 aromatic heterocycles. The summed E-state index contributed by atoms with van der Waals surface area (Å²) < 4.78 is 77.5. The minimum Gasteiger partial charge on any atom is -0.342 e. The number of amides is 1. The minimum absolute atomic E-state index is 0.0320. The number of hydrogen-bond donors (Lipinski definition) is 1. The van der Waals surface area contributed by atoms with Crippen LogP contribution in [0.5, 0.6) is 0 Å². The van der Waals surface area contributed by atoms with Crippen LogP contribution in [0.3, 0.4) is 0 Å². The maximum Gasteiger partial charge on any atom is 0.416 e. The SMILES string of the molecule is CCN(C)C(=O)c1cnc(-c2cc(C(F)(F)F)cc(C(F)(F)F)c2)[nH]c1=O. The van der Waals surface area contributed by atoms with Crippen molar-refractivity contribution in [1.29, 1.82) is 0 Å². The van der Waals surface area contributed by atoms with E-state index in [-0.39, 0.29) is 18.2 Å². The van der Waals surface area contributed by atoms with Gasteiger partial charge in [-0.25, -0.2) is 4.98 Å². The van der Waals surface area contributed by atoms with Gasteiger partial charge in [0.05, 0.1) is 11.1 Å². The summed E-state index contributed by atoms with van der Waals surface area (Å²) in [4.78, 5) is 30.9. The molecule has 11 heteroatoms. The van der Waals surface area contributed by atoms with E-state index in [9.17, 15) is 35.9 Å². The summed E-state index contributed by atoms with van der Waals surface area (Å²) in [5, 5.41) is 0. The first-order valence-corrected chi connectivity index (χ1v) is 7.49. The molecule has 0 unspecified atom stereocenters. The van der Waals surface area contributed by atoms with Crippen LogP contribution in [-0.2, 0) is 12.4 Å². The van der Waals surface area contributed by atoms with Crippen LogP contribution in [-0.4, -0.2) is 34.4 Å². The van der Waals surface area contributed by atoms with Crippen LogP contribution >= 0.6 is 0 Å². The fourth-order valence-electron chi connectivity index (χ4n) is 2.13. The Bertz CT molecular complexity index is 885. The zero-order valence-corrected chi connectivity index (χ0v) is 14.0. The van der Waals surface area contributed by atoms with Crippen molar-refractivity contribution in [2.75, 3.05) is 13.6 Å². The molecule has 0 bridgehead atoms. The van der Waals surface area contributed by atoms with E-state index in [0.717, 1.165) is 6.20 Å². The number of carbonyl (C=O) groups excluding carboxylic acids is 1. The van der Waals surface area contributed by atoms with E-state index < -0.39 is 46.3 Å². The van der Waals surface area contributed by atoms with Crippen molar-refractivity contribution in [3.63, 3.8) is 0 Å². The first-order chi connectivity index (χ1) is 12.3. The number of H-pyrrole nitrogens is 1. The number of aromatic nitrogens is 2. The molecule has 2 rings (SSSR count). The van der Waals surface area contributed by atoms with Crippen molar-refractivity contribution in [2.45, 2.75) is 19.3 Å². The molecule has 27 heavy (non-hydrogen) atoms. The maximum atomic E-state index is 12.9. The monoisotopic (exact) mass is 393 g/mol. The van der Waals surface area contributed by atoms with Crippen LogP contribution in [0.1, 0.15) is 28.4 Å². The molecule has 1 N–H and O–H groups in total. The molecule has 1 amide bonds. The van der Waals surface area contributed by atoms with Crippen molar-refractivity contribution < 1.29 is 31.1 Å². The summed E-state index contributed by atoms with van der Waals surface area (Å²) in [6.45, 7) is 1.93. The molecule has 5 nitrogen and oxygen atoms in total. The van der Waals surface area contributed by atoms with E-state index in [1.54, 1.807) is 6.92 Å². The van der Waals surface area contributed by atoms with Crippen molar-refractivity contribution in [3.05, 3.63) is 51.4 Å². The quantitative estimate of drug-likeness (QED) is 0.811. The van der Waals surface area contributed by atoms with E-state index in [1.807, 2.05) is 0 Å². The summed E-state index contributed by atoms with van der Waals surface area (Å²) in [5.74, 6) is -1.20. The van der Waals surface area contributed by atoms with Crippen LogP contribution in [0, 0.1) is 0 Å². The van der Waals surface area contributed by atoms with Crippen molar-refractivity contribution in [3.8, 4) is 11.4 Å². The number of nitrogens with one attached hydrogen (secondary N) is 1. The summed E-state index contributed by atoms with van der Waals surface area (Å²) in [7, 11) is 1.41. The molecule has 0 fully saturated rings. The van der Waals surface area contributed by atoms with Crippen molar-refractivity contribution in [1.82, 2.24) is 14.9 Å². The fraction of sp³-hybridized carbons (Fsp3) is 0.312. The lowest BCUT2D eigenvalue weighted by Crippen LogP contribution is -2.31. The van der Waals surface area contributed by atoms with Gasteiger partial charge in [0.1, 0.15) is 11.4 Å². The molecule has 146 valence electrons. The predicted molar refractivity (Wildman–Crippen MR) is 82.9 cm³/mol. The van der Waals surface area contributed by atoms with Crippen LogP contribution < -0.4 is 5.56 Å². The van der Waals surface area contributed by atoms with Gasteiger partial charge in [0.25, 0.3) is 11.5 Å². The molecule has 0 saturated heterocycles. The molecule has 1 aromatic carbocycles. The van der Waals surface area contributed by atoms with Crippen LogP contribution in [0.15, 0.2) is 29.2 Å². The lowest BCUT2D eigenvalue weighted by atomic mass is 10.0. The summed E-state index contributed by atoms with van der Waals surface area (Å²) >= 11 is 0. The van der Waals surface area contributed by atoms with Gasteiger partial charge in [-0.3, -0.25) is 9.59 Å². The lowest BCUT2D eigenvalue weighted by molar-refractivity contribution is -0.143. The Morgan fingerprint density at radius 2 is 1.59 bits per heavy atom. The molecule has 2 aromatic rings. The number of alkyl halides is 6. The number of benzene rings is 1. The summed E-state index contributed by atoms with van der Waals surface area (Å²) in [6.07, 6.45) is -9.25. The highest BCUT2D eigenvalue weighted by Crippen LogP contribution is 2.37. The number of aromatic amines is 1. The number of hydrogen-bond acceptors (Lipinski definition) is 3. The Kier molecular flexibility index (Phi) is 5.34. The van der Waals surface area contributed by atoms with Crippen molar-refractivity contribution >= 4 is 5.91 Å². The van der Waals surface area contributed by atoms with Gasteiger partial charge in [0, 0.05) is 25.4 Å². The summed E-state index contributed by atoms with van der Waals surface area (Å²) in [6, 6.07) is 0.843. The Morgan fingerprint density at radius 1 is 1.07 bits per heavy atom. The number of nitrogens with zero attached hydrogens (tertiary/aromatic N) is 2. The average molecular weight is 393 g/mol. The van der Waals surface area contributed by atoms with Crippen LogP contribution in [0.2, 0.25) is 0 Å². The molecule has 0 aliphatic rings. The van der Waals surface area contributed by atoms with E-state index in [1.165, 1.54) is 11.9 Å². The number of rotatable bonds is 3. The third kappa shape index (κ3) is 4.47. The fourth-order valence-corrected chi connectivity index (χ4v) is 2.13. The number of carbonyl (C=O) groups is 1. The largest absolute Gasteiger partial charge is 0.416 e. The van der Waals surface area contributed by atoms with Gasteiger partial charge in [0.15, 0.2) is 0 Å². The molecular formula is C16H13F6N3O2. The van der Waals surface area contributed by atoms with Gasteiger partial charge in [0.2, 0.25) is 0 Å². The first-order valence-electron chi connectivity index (χ1n) is 7.49. The Hall–Kier alpha value is -2.85. The van der Waals surface area contributed by atoms with Gasteiger partial charge in [-0.1, -0.05) is 0 Å². The van der Waals surface area contributed by atoms with E-state index in [2.05, 4.69) is 9.97 Å². The van der Waals surface area contributed by atoms with E-state index in [0.29, 0.717) is 12.1 Å². The van der Waals surface area contributed by atoms with Gasteiger partial charge in [-0.2, -0.15) is 26.3 Å². The Labute approximate surface area is 148 Å². The second-order valence-electron chi connectivity index (χ2n) is 5.59. The van der Waals surface area contributed by atoms with Crippen molar-refractivity contribution in [2.24, 2.45) is 0 Å². The number of halogens is 6. The highest BCUT2D eigenvalue weighted by atomic mass is 19.4. The van der Waals surface area contributed by atoms with Gasteiger partial charge >= 0.3 is 12.4 Å². The van der Waals surface area contributed by atoms with E-state index in [4.69, 9.17) is 0 Å². The topological polar surface area (TPSA) is 66.1 Å². The van der Waals surface area contributed by atoms with Gasteiger partial charge in [-0.05, 0) is 25.1 Å². The smallest absolute Gasteiger partial charge is 0.342 e. The zero-order valence-electron chi connectivity index (χ0n) is 14.0. The summed E-state index contributed by atoms with van der Waals surface area (Å²) in [5.41, 5.74) is -5.03. The molecule has 0 atom stereocenters. The highest BCUT2D eigenvalue weighted by Gasteiger charge is 2.37. The third-order valence-corrected chi connectivity index (χ3v) is 3.71. The second kappa shape index (κ2) is 7.05. The highest BCUT2D eigenvalue weighted by molar-refractivity contribution is 5.93. The molecular weight excluding hydrogens is 380 g/mol. The minimum atomic E-state index is -5.03. The molecule has 0 spiro atoms. The zero-order chi connectivity index (χ0) is 20.6. The third-order valence-electron chi connectivity index (χ3n) is 3.71. The second-order valence-corrected chi connectivity index (χ2v) is 5.59. The van der Waals surface area contributed by atoms with E-state index >= 15 is 0 Å². The van der Waals surface area contributed by atoms with Crippen LogP contribution in [0.25, 0.3) is 11.4 Å². The van der Waals surface area contributed by atoms with Gasteiger partial charge in [-0.15, -0.1) is 0 Å². The van der Waals surface area contributed by atoms with Gasteiger partial charge < -0.3 is 9.88 Å². The lowest BCUT2D eigenvalue weighted by Gasteiger charge is -2.15. The molecule has 1 heterocycles. The first kappa shape index (κ1) is 20.5.